The molecule has 1 N–H and O–H groups in total. The minimum absolute atomic E-state index is 0.0117. The molecule has 110 valence electrons. The largest absolute Gasteiger partial charge is 0.478 e. The predicted octanol–water partition coefficient (Wildman–Crippen LogP) is 1.46. The van der Waals surface area contributed by atoms with Crippen LogP contribution in [0.2, 0.25) is 0 Å². The Bertz CT molecular complexity index is 488. The van der Waals surface area contributed by atoms with Crippen molar-refractivity contribution in [2.45, 2.75) is 38.9 Å². The highest BCUT2D eigenvalue weighted by Gasteiger charge is 2.52. The summed E-state index contributed by atoms with van der Waals surface area (Å²) >= 11 is 0. The second kappa shape index (κ2) is 5.48. The highest BCUT2D eigenvalue weighted by molar-refractivity contribution is 5.90. The Morgan fingerprint density at radius 3 is 2.40 bits per heavy atom. The summed E-state index contributed by atoms with van der Waals surface area (Å²) in [6, 6.07) is 0. The molecule has 2 unspecified atom stereocenters. The molecule has 0 aromatic carbocycles. The van der Waals surface area contributed by atoms with E-state index in [0.29, 0.717) is 0 Å². The molecule has 2 atom stereocenters. The number of hydrogen-bond donors (Lipinski definition) is 1. The van der Waals surface area contributed by atoms with Gasteiger partial charge in [0.15, 0.2) is 0 Å². The van der Waals surface area contributed by atoms with E-state index in [-0.39, 0.29) is 17.6 Å². The van der Waals surface area contributed by atoms with E-state index in [1.807, 2.05) is 0 Å². The highest BCUT2D eigenvalue weighted by atomic mass is 16.6. The van der Waals surface area contributed by atoms with E-state index in [0.717, 1.165) is 0 Å². The van der Waals surface area contributed by atoms with Crippen molar-refractivity contribution < 1.29 is 29.0 Å². The Morgan fingerprint density at radius 1 is 1.40 bits per heavy atom. The van der Waals surface area contributed by atoms with Gasteiger partial charge in [-0.2, -0.15) is 0 Å². The van der Waals surface area contributed by atoms with E-state index in [1.165, 1.54) is 6.92 Å². The highest BCUT2D eigenvalue weighted by Crippen LogP contribution is 2.38. The molecule has 6 heteroatoms. The van der Waals surface area contributed by atoms with Crippen LogP contribution in [0.15, 0.2) is 24.3 Å². The van der Waals surface area contributed by atoms with Crippen molar-refractivity contribution in [3.8, 4) is 0 Å². The van der Waals surface area contributed by atoms with E-state index in [4.69, 9.17) is 14.6 Å². The zero-order valence-electron chi connectivity index (χ0n) is 11.8. The Balaban J connectivity index is 2.97. The lowest BCUT2D eigenvalue weighted by Gasteiger charge is -2.26. The van der Waals surface area contributed by atoms with Crippen LogP contribution in [0.5, 0.6) is 0 Å². The topological polar surface area (TPSA) is 89.9 Å². The number of aliphatic carboxylic acids is 1. The van der Waals surface area contributed by atoms with Gasteiger partial charge in [-0.15, -0.1) is 0 Å². The zero-order valence-corrected chi connectivity index (χ0v) is 11.8. The number of rotatable bonds is 5. The summed E-state index contributed by atoms with van der Waals surface area (Å²) < 4.78 is 10.2. The number of cyclic esters (lactones) is 1. The quantitative estimate of drug-likeness (QED) is 0.606. The summed E-state index contributed by atoms with van der Waals surface area (Å²) in [5.41, 5.74) is -0.855. The van der Waals surface area contributed by atoms with E-state index >= 15 is 0 Å². The third kappa shape index (κ3) is 3.26. The van der Waals surface area contributed by atoms with Crippen molar-refractivity contribution in [1.29, 1.82) is 0 Å². The lowest BCUT2D eigenvalue weighted by atomic mass is 9.83. The number of carbonyl (C=O) groups excluding carboxylic acids is 2. The van der Waals surface area contributed by atoms with E-state index in [2.05, 4.69) is 13.2 Å². The van der Waals surface area contributed by atoms with Crippen molar-refractivity contribution in [3.05, 3.63) is 24.3 Å². The van der Waals surface area contributed by atoms with Gasteiger partial charge in [-0.25, -0.2) is 14.4 Å². The molecule has 1 aliphatic heterocycles. The first-order chi connectivity index (χ1) is 9.06. The van der Waals surface area contributed by atoms with Crippen LogP contribution >= 0.6 is 0 Å². The molecule has 0 aromatic rings. The molecule has 0 saturated carbocycles. The lowest BCUT2D eigenvalue weighted by Crippen LogP contribution is -2.36. The zero-order chi connectivity index (χ0) is 15.7. The molecule has 0 aliphatic carbocycles. The van der Waals surface area contributed by atoms with Crippen LogP contribution in [-0.2, 0) is 23.9 Å². The van der Waals surface area contributed by atoms with Crippen LogP contribution in [-0.4, -0.2) is 34.7 Å². The fourth-order valence-electron chi connectivity index (χ4n) is 1.97. The molecule has 1 aliphatic rings. The second-order valence-corrected chi connectivity index (χ2v) is 5.35. The second-order valence-electron chi connectivity index (χ2n) is 5.35. The SMILES string of the molecule is C=C(C)C(=O)OC1C(=O)OC(C)(C)C1CC(=C)C(=O)O. The monoisotopic (exact) mass is 282 g/mol. The summed E-state index contributed by atoms with van der Waals surface area (Å²) in [7, 11) is 0. The number of ether oxygens (including phenoxy) is 2. The summed E-state index contributed by atoms with van der Waals surface area (Å²) in [5, 5.41) is 8.89. The molecule has 1 rings (SSSR count). The number of carboxylic acid groups (broad SMARTS) is 1. The Kier molecular flexibility index (Phi) is 4.37. The van der Waals surface area contributed by atoms with Crippen LogP contribution in [0.25, 0.3) is 0 Å². The molecule has 0 aromatic heterocycles. The summed E-state index contributed by atoms with van der Waals surface area (Å²) in [6.07, 6.45) is -1.16. The van der Waals surface area contributed by atoms with Crippen LogP contribution in [0.1, 0.15) is 27.2 Å². The third-order valence-corrected chi connectivity index (χ3v) is 3.21. The van der Waals surface area contributed by atoms with Crippen molar-refractivity contribution in [2.24, 2.45) is 5.92 Å². The average Bonchev–Trinajstić information content (AvgIpc) is 2.50. The minimum atomic E-state index is -1.16. The molecular weight excluding hydrogens is 264 g/mol. The number of carboxylic acids is 1. The van der Waals surface area contributed by atoms with Gasteiger partial charge in [-0.1, -0.05) is 13.2 Å². The van der Waals surface area contributed by atoms with Gasteiger partial charge in [0.25, 0.3) is 0 Å². The van der Waals surface area contributed by atoms with Gasteiger partial charge < -0.3 is 14.6 Å². The molecule has 0 spiro atoms. The van der Waals surface area contributed by atoms with Gasteiger partial charge >= 0.3 is 17.9 Å². The Morgan fingerprint density at radius 2 is 1.95 bits per heavy atom. The fourth-order valence-corrected chi connectivity index (χ4v) is 1.97. The number of hydrogen-bond acceptors (Lipinski definition) is 5. The maximum Gasteiger partial charge on any atom is 0.348 e. The van der Waals surface area contributed by atoms with Crippen LogP contribution in [0.4, 0.5) is 0 Å². The summed E-state index contributed by atoms with van der Waals surface area (Å²) in [5.74, 6) is -3.17. The standard InChI is InChI=1S/C14H18O6/c1-7(2)12(17)19-10-9(6-8(3)11(15)16)14(4,5)20-13(10)18/h9-10H,1,3,6H2,2,4-5H3,(H,15,16). The third-order valence-electron chi connectivity index (χ3n) is 3.21. The molecule has 0 bridgehead atoms. The molecule has 1 fully saturated rings. The van der Waals surface area contributed by atoms with Crippen molar-refractivity contribution >= 4 is 17.9 Å². The van der Waals surface area contributed by atoms with Crippen LogP contribution in [0, 0.1) is 5.92 Å². The molecule has 0 radical (unpaired) electrons. The molecule has 1 heterocycles. The normalized spacial score (nSPS) is 23.9. The molecule has 1 saturated heterocycles. The van der Waals surface area contributed by atoms with Gasteiger partial charge in [-0.3, -0.25) is 0 Å². The molecule has 0 amide bonds. The summed E-state index contributed by atoms with van der Waals surface area (Å²) in [6.45, 7) is 11.6. The first-order valence-corrected chi connectivity index (χ1v) is 6.06. The lowest BCUT2D eigenvalue weighted by molar-refractivity contribution is -0.160. The van der Waals surface area contributed by atoms with Crippen LogP contribution in [0.3, 0.4) is 0 Å². The average molecular weight is 282 g/mol. The Hall–Kier alpha value is -2.11. The van der Waals surface area contributed by atoms with Gasteiger partial charge in [0.05, 0.1) is 5.92 Å². The van der Waals surface area contributed by atoms with Crippen LogP contribution < -0.4 is 0 Å². The maximum atomic E-state index is 11.8. The first-order valence-electron chi connectivity index (χ1n) is 6.06. The predicted molar refractivity (Wildman–Crippen MR) is 69.7 cm³/mol. The van der Waals surface area contributed by atoms with Gasteiger partial charge in [-0.05, 0) is 27.2 Å². The minimum Gasteiger partial charge on any atom is -0.478 e. The van der Waals surface area contributed by atoms with Crippen molar-refractivity contribution in [2.75, 3.05) is 0 Å². The first kappa shape index (κ1) is 15.9. The molecular formula is C14H18O6. The van der Waals surface area contributed by atoms with Crippen molar-refractivity contribution in [3.63, 3.8) is 0 Å². The molecule has 20 heavy (non-hydrogen) atoms. The van der Waals surface area contributed by atoms with Gasteiger partial charge in [0.1, 0.15) is 5.60 Å². The maximum absolute atomic E-state index is 11.8. The molecule has 6 nitrogen and oxygen atoms in total. The van der Waals surface area contributed by atoms with Gasteiger partial charge in [0.2, 0.25) is 6.10 Å². The number of carbonyl (C=O) groups is 3. The van der Waals surface area contributed by atoms with E-state index in [9.17, 15) is 14.4 Å². The van der Waals surface area contributed by atoms with Gasteiger partial charge in [0, 0.05) is 11.1 Å². The fraction of sp³-hybridized carbons (Fsp3) is 0.500. The van der Waals surface area contributed by atoms with E-state index < -0.39 is 35.5 Å². The smallest absolute Gasteiger partial charge is 0.348 e. The van der Waals surface area contributed by atoms with Crippen molar-refractivity contribution in [1.82, 2.24) is 0 Å². The Labute approximate surface area is 117 Å². The summed E-state index contributed by atoms with van der Waals surface area (Å²) in [4.78, 5) is 34.2. The number of esters is 2. The van der Waals surface area contributed by atoms with E-state index in [1.54, 1.807) is 13.8 Å².